The Bertz CT molecular complexity index is 825. The highest BCUT2D eigenvalue weighted by Gasteiger charge is 2.31. The summed E-state index contributed by atoms with van der Waals surface area (Å²) in [5, 5.41) is 11.5. The van der Waals surface area contributed by atoms with Gasteiger partial charge in [0.1, 0.15) is 0 Å². The molecule has 1 aliphatic heterocycles. The third-order valence-electron chi connectivity index (χ3n) is 3.84. The molecule has 2 heterocycles. The Balaban J connectivity index is 1.72. The van der Waals surface area contributed by atoms with Crippen molar-refractivity contribution in [1.82, 2.24) is 15.2 Å². The smallest absolute Gasteiger partial charge is 0.416 e. The average molecular weight is 350 g/mol. The lowest BCUT2D eigenvalue weighted by atomic mass is 10.1. The Hall–Kier alpha value is -3.02. The van der Waals surface area contributed by atoms with E-state index >= 15 is 0 Å². The van der Waals surface area contributed by atoms with Crippen LogP contribution in [-0.4, -0.2) is 34.9 Å². The molecule has 6 nitrogen and oxygen atoms in total. The molecule has 1 N–H and O–H groups in total. The second-order valence-electron chi connectivity index (χ2n) is 5.61. The molecule has 1 aromatic carbocycles. The van der Waals surface area contributed by atoms with Gasteiger partial charge in [0.2, 0.25) is 0 Å². The molecular weight excluding hydrogens is 337 g/mol. The van der Waals surface area contributed by atoms with E-state index in [1.165, 1.54) is 23.2 Å². The van der Waals surface area contributed by atoms with Crippen molar-refractivity contribution in [2.75, 3.05) is 13.1 Å². The SMILES string of the molecule is N#CN1CCC(NC(=O)c2ncc(-c3cccc(C(F)(F)F)c3)o2)C1. The predicted octanol–water partition coefficient (Wildman–Crippen LogP) is 2.65. The molecule has 1 aliphatic rings. The predicted molar refractivity (Wildman–Crippen MR) is 80.0 cm³/mol. The minimum atomic E-state index is -4.47. The van der Waals surface area contributed by atoms with Crippen molar-refractivity contribution in [2.24, 2.45) is 0 Å². The highest BCUT2D eigenvalue weighted by Crippen LogP contribution is 2.32. The Labute approximate surface area is 140 Å². The Morgan fingerprint density at radius 3 is 2.92 bits per heavy atom. The number of amides is 1. The van der Waals surface area contributed by atoms with Crippen LogP contribution in [0.5, 0.6) is 0 Å². The maximum Gasteiger partial charge on any atom is 0.416 e. The topological polar surface area (TPSA) is 82.2 Å². The number of nitriles is 1. The summed E-state index contributed by atoms with van der Waals surface area (Å²) in [5.74, 6) is -0.729. The fraction of sp³-hybridized carbons (Fsp3) is 0.312. The lowest BCUT2D eigenvalue weighted by Gasteiger charge is -2.10. The zero-order valence-electron chi connectivity index (χ0n) is 12.9. The summed E-state index contributed by atoms with van der Waals surface area (Å²) in [6, 6.07) is 4.39. The summed E-state index contributed by atoms with van der Waals surface area (Å²) in [6.45, 7) is 0.964. The van der Waals surface area contributed by atoms with E-state index in [4.69, 9.17) is 9.68 Å². The van der Waals surface area contributed by atoms with Gasteiger partial charge < -0.3 is 14.6 Å². The van der Waals surface area contributed by atoms with Gasteiger partial charge in [-0.15, -0.1) is 0 Å². The molecule has 9 heteroatoms. The lowest BCUT2D eigenvalue weighted by Crippen LogP contribution is -2.36. The fourth-order valence-corrected chi connectivity index (χ4v) is 2.58. The minimum absolute atomic E-state index is 0.0707. The molecule has 1 fully saturated rings. The van der Waals surface area contributed by atoms with Crippen LogP contribution in [0.1, 0.15) is 22.7 Å². The van der Waals surface area contributed by atoms with Gasteiger partial charge in [0, 0.05) is 24.7 Å². The largest absolute Gasteiger partial charge is 0.432 e. The molecule has 130 valence electrons. The van der Waals surface area contributed by atoms with E-state index in [1.54, 1.807) is 0 Å². The molecule has 0 bridgehead atoms. The first kappa shape index (κ1) is 16.8. The van der Waals surface area contributed by atoms with Gasteiger partial charge in [0.15, 0.2) is 12.0 Å². The summed E-state index contributed by atoms with van der Waals surface area (Å²) in [7, 11) is 0. The van der Waals surface area contributed by atoms with Crippen LogP contribution >= 0.6 is 0 Å². The van der Waals surface area contributed by atoms with E-state index in [-0.39, 0.29) is 23.3 Å². The second kappa shape index (κ2) is 6.47. The molecule has 1 unspecified atom stereocenters. The number of benzene rings is 1. The first-order valence-corrected chi connectivity index (χ1v) is 7.46. The van der Waals surface area contributed by atoms with Crippen molar-refractivity contribution in [2.45, 2.75) is 18.6 Å². The number of aromatic nitrogens is 1. The molecule has 1 atom stereocenters. The van der Waals surface area contributed by atoms with E-state index in [0.29, 0.717) is 19.5 Å². The van der Waals surface area contributed by atoms with Gasteiger partial charge in [-0.2, -0.15) is 18.4 Å². The van der Waals surface area contributed by atoms with Crippen molar-refractivity contribution < 1.29 is 22.4 Å². The number of oxazole rings is 1. The van der Waals surface area contributed by atoms with Gasteiger partial charge in [0.25, 0.3) is 5.89 Å². The van der Waals surface area contributed by atoms with Gasteiger partial charge in [-0.1, -0.05) is 12.1 Å². The molecule has 0 aliphatic carbocycles. The number of likely N-dealkylation sites (tertiary alicyclic amines) is 1. The first-order valence-electron chi connectivity index (χ1n) is 7.46. The molecule has 0 spiro atoms. The standard InChI is InChI=1S/C16H13F3N4O2/c17-16(18,19)11-3-1-2-10(6-11)13-7-21-15(25-13)14(24)22-12-4-5-23(8-12)9-20/h1-3,6-7,12H,4-5,8H2,(H,22,24). The number of carbonyl (C=O) groups excluding carboxylic acids is 1. The summed E-state index contributed by atoms with van der Waals surface area (Å²) in [6.07, 6.45) is -0.631. The van der Waals surface area contributed by atoms with E-state index in [2.05, 4.69) is 10.3 Å². The summed E-state index contributed by atoms with van der Waals surface area (Å²) in [5.41, 5.74) is -0.632. The van der Waals surface area contributed by atoms with Crippen LogP contribution in [0.25, 0.3) is 11.3 Å². The van der Waals surface area contributed by atoms with Crippen LogP contribution in [0, 0.1) is 11.5 Å². The van der Waals surface area contributed by atoms with Crippen molar-refractivity contribution >= 4 is 5.91 Å². The van der Waals surface area contributed by atoms with Gasteiger partial charge in [0.05, 0.1) is 11.8 Å². The van der Waals surface area contributed by atoms with Crippen molar-refractivity contribution in [3.8, 4) is 17.5 Å². The Morgan fingerprint density at radius 2 is 2.24 bits per heavy atom. The zero-order valence-corrected chi connectivity index (χ0v) is 12.9. The maximum absolute atomic E-state index is 12.8. The number of carbonyl (C=O) groups is 1. The van der Waals surface area contributed by atoms with Crippen LogP contribution in [0.3, 0.4) is 0 Å². The molecule has 1 aromatic heterocycles. The first-order chi connectivity index (χ1) is 11.9. The van der Waals surface area contributed by atoms with Crippen molar-refractivity contribution in [3.63, 3.8) is 0 Å². The second-order valence-corrected chi connectivity index (χ2v) is 5.61. The molecular formula is C16H13F3N4O2. The minimum Gasteiger partial charge on any atom is -0.432 e. The van der Waals surface area contributed by atoms with E-state index < -0.39 is 17.6 Å². The number of rotatable bonds is 3. The van der Waals surface area contributed by atoms with Gasteiger partial charge >= 0.3 is 12.1 Å². The number of alkyl halides is 3. The van der Waals surface area contributed by atoms with E-state index in [0.717, 1.165) is 12.1 Å². The monoisotopic (exact) mass is 350 g/mol. The lowest BCUT2D eigenvalue weighted by molar-refractivity contribution is -0.137. The van der Waals surface area contributed by atoms with Crippen LogP contribution in [0.4, 0.5) is 13.2 Å². The number of nitrogens with zero attached hydrogens (tertiary/aromatic N) is 3. The third-order valence-corrected chi connectivity index (χ3v) is 3.84. The van der Waals surface area contributed by atoms with E-state index in [9.17, 15) is 18.0 Å². The highest BCUT2D eigenvalue weighted by molar-refractivity contribution is 5.90. The Kier molecular flexibility index (Phi) is 4.35. The van der Waals surface area contributed by atoms with Crippen LogP contribution in [0.15, 0.2) is 34.9 Å². The maximum atomic E-state index is 12.8. The normalized spacial score (nSPS) is 17.4. The molecule has 3 rings (SSSR count). The average Bonchev–Trinajstić information content (AvgIpc) is 3.23. The molecule has 0 radical (unpaired) electrons. The van der Waals surface area contributed by atoms with Crippen molar-refractivity contribution in [1.29, 1.82) is 5.26 Å². The van der Waals surface area contributed by atoms with Crippen LogP contribution in [-0.2, 0) is 6.18 Å². The fourth-order valence-electron chi connectivity index (χ4n) is 2.58. The van der Waals surface area contributed by atoms with Crippen LogP contribution < -0.4 is 5.32 Å². The molecule has 25 heavy (non-hydrogen) atoms. The Morgan fingerprint density at radius 1 is 1.44 bits per heavy atom. The summed E-state index contributed by atoms with van der Waals surface area (Å²) in [4.78, 5) is 17.5. The molecule has 2 aromatic rings. The molecule has 1 amide bonds. The number of nitrogens with one attached hydrogen (secondary N) is 1. The summed E-state index contributed by atoms with van der Waals surface area (Å²) < 4.78 is 43.6. The van der Waals surface area contributed by atoms with Gasteiger partial charge in [-0.05, 0) is 18.6 Å². The van der Waals surface area contributed by atoms with E-state index in [1.807, 2.05) is 6.19 Å². The number of hydrogen-bond donors (Lipinski definition) is 1. The number of hydrogen-bond acceptors (Lipinski definition) is 5. The highest BCUT2D eigenvalue weighted by atomic mass is 19.4. The third kappa shape index (κ3) is 3.74. The zero-order chi connectivity index (χ0) is 18.0. The molecule has 0 saturated carbocycles. The van der Waals surface area contributed by atoms with Crippen molar-refractivity contribution in [3.05, 3.63) is 41.9 Å². The van der Waals surface area contributed by atoms with Gasteiger partial charge in [-0.3, -0.25) is 4.79 Å². The quantitative estimate of drug-likeness (QED) is 0.861. The van der Waals surface area contributed by atoms with Crippen LogP contribution in [0.2, 0.25) is 0 Å². The number of halogens is 3. The van der Waals surface area contributed by atoms with Gasteiger partial charge in [-0.25, -0.2) is 4.98 Å². The molecule has 1 saturated heterocycles. The summed E-state index contributed by atoms with van der Waals surface area (Å²) >= 11 is 0.